The second-order valence-corrected chi connectivity index (χ2v) is 6.58. The van der Waals surface area contributed by atoms with E-state index in [2.05, 4.69) is 31.2 Å². The zero-order chi connectivity index (χ0) is 15.5. The summed E-state index contributed by atoms with van der Waals surface area (Å²) in [6, 6.07) is 3.20. The van der Waals surface area contributed by atoms with Crippen molar-refractivity contribution in [1.29, 1.82) is 0 Å². The van der Waals surface area contributed by atoms with E-state index in [1.807, 2.05) is 20.8 Å². The molecule has 2 aromatic heterocycles. The van der Waals surface area contributed by atoms with E-state index in [0.29, 0.717) is 23.7 Å². The fourth-order valence-electron chi connectivity index (χ4n) is 1.61. The minimum absolute atomic E-state index is 0.0824. The quantitative estimate of drug-likeness (QED) is 0.900. The van der Waals surface area contributed by atoms with Gasteiger partial charge in [0.2, 0.25) is 5.88 Å². The van der Waals surface area contributed by atoms with Gasteiger partial charge in [0.05, 0.1) is 12.4 Å². The van der Waals surface area contributed by atoms with Gasteiger partial charge in [0.25, 0.3) is 0 Å². The van der Waals surface area contributed by atoms with Gasteiger partial charge < -0.3 is 10.1 Å². The SMILES string of the molecule is CC(C)(C)NCc1cc(F)cnc1Oc1cncc(Br)c1. The van der Waals surface area contributed by atoms with Crippen LogP contribution in [0.4, 0.5) is 4.39 Å². The third-order valence-electron chi connectivity index (χ3n) is 2.60. The van der Waals surface area contributed by atoms with Gasteiger partial charge in [0.15, 0.2) is 0 Å². The first kappa shape index (κ1) is 15.9. The van der Waals surface area contributed by atoms with Crippen LogP contribution in [0.15, 0.2) is 35.2 Å². The van der Waals surface area contributed by atoms with Crippen molar-refractivity contribution in [3.05, 3.63) is 46.6 Å². The van der Waals surface area contributed by atoms with E-state index < -0.39 is 0 Å². The minimum Gasteiger partial charge on any atom is -0.437 e. The average Bonchev–Trinajstić information content (AvgIpc) is 2.38. The predicted octanol–water partition coefficient (Wildman–Crippen LogP) is 4.06. The third-order valence-corrected chi connectivity index (χ3v) is 3.03. The van der Waals surface area contributed by atoms with Crippen LogP contribution in [-0.2, 0) is 6.54 Å². The lowest BCUT2D eigenvalue weighted by molar-refractivity contribution is 0.406. The fraction of sp³-hybridized carbons (Fsp3) is 0.333. The molecule has 112 valence electrons. The van der Waals surface area contributed by atoms with Crippen molar-refractivity contribution in [3.63, 3.8) is 0 Å². The summed E-state index contributed by atoms with van der Waals surface area (Å²) in [5, 5.41) is 3.29. The number of nitrogens with zero attached hydrogens (tertiary/aromatic N) is 2. The summed E-state index contributed by atoms with van der Waals surface area (Å²) in [6.07, 6.45) is 4.38. The number of hydrogen-bond donors (Lipinski definition) is 1. The number of ether oxygens (including phenoxy) is 1. The number of pyridine rings is 2. The average molecular weight is 354 g/mol. The van der Waals surface area contributed by atoms with E-state index in [4.69, 9.17) is 4.74 Å². The van der Waals surface area contributed by atoms with Crippen LogP contribution >= 0.6 is 15.9 Å². The van der Waals surface area contributed by atoms with Crippen LogP contribution < -0.4 is 10.1 Å². The lowest BCUT2D eigenvalue weighted by Crippen LogP contribution is -2.35. The van der Waals surface area contributed by atoms with Crippen molar-refractivity contribution < 1.29 is 9.13 Å². The zero-order valence-electron chi connectivity index (χ0n) is 12.2. The molecular weight excluding hydrogens is 337 g/mol. The highest BCUT2D eigenvalue weighted by molar-refractivity contribution is 9.10. The Morgan fingerprint density at radius 1 is 1.24 bits per heavy atom. The smallest absolute Gasteiger partial charge is 0.223 e. The van der Waals surface area contributed by atoms with Crippen LogP contribution in [0.1, 0.15) is 26.3 Å². The Kier molecular flexibility index (Phi) is 4.90. The van der Waals surface area contributed by atoms with Gasteiger partial charge in [0.1, 0.15) is 11.6 Å². The Labute approximate surface area is 131 Å². The summed E-state index contributed by atoms with van der Waals surface area (Å²) in [5.74, 6) is 0.522. The summed E-state index contributed by atoms with van der Waals surface area (Å²) in [4.78, 5) is 8.05. The van der Waals surface area contributed by atoms with Crippen molar-refractivity contribution in [1.82, 2.24) is 15.3 Å². The topological polar surface area (TPSA) is 47.0 Å². The Bertz CT molecular complexity index is 629. The van der Waals surface area contributed by atoms with Gasteiger partial charge in [-0.25, -0.2) is 9.37 Å². The molecule has 0 bridgehead atoms. The molecule has 2 heterocycles. The first-order chi connectivity index (χ1) is 9.83. The number of nitrogens with one attached hydrogen (secondary N) is 1. The molecule has 0 amide bonds. The molecule has 0 radical (unpaired) electrons. The minimum atomic E-state index is -0.388. The number of hydrogen-bond acceptors (Lipinski definition) is 4. The lowest BCUT2D eigenvalue weighted by atomic mass is 10.1. The van der Waals surface area contributed by atoms with Crippen LogP contribution in [0, 0.1) is 5.82 Å². The largest absolute Gasteiger partial charge is 0.437 e. The predicted molar refractivity (Wildman–Crippen MR) is 82.8 cm³/mol. The maximum atomic E-state index is 13.4. The standard InChI is InChI=1S/C15H17BrFN3O/c1-15(2,3)20-6-10-4-12(17)8-19-14(10)21-13-5-11(16)7-18-9-13/h4-5,7-9,20H,6H2,1-3H3. The van der Waals surface area contributed by atoms with E-state index in [0.717, 1.165) is 10.7 Å². The van der Waals surface area contributed by atoms with Gasteiger partial charge in [-0.3, -0.25) is 4.98 Å². The fourth-order valence-corrected chi connectivity index (χ4v) is 1.95. The second-order valence-electron chi connectivity index (χ2n) is 5.66. The molecule has 2 rings (SSSR count). The van der Waals surface area contributed by atoms with Crippen LogP contribution in [0.3, 0.4) is 0 Å². The maximum absolute atomic E-state index is 13.4. The van der Waals surface area contributed by atoms with E-state index in [1.165, 1.54) is 6.07 Å². The molecule has 0 fully saturated rings. The molecule has 0 saturated heterocycles. The Morgan fingerprint density at radius 2 is 2.00 bits per heavy atom. The highest BCUT2D eigenvalue weighted by Crippen LogP contribution is 2.25. The second kappa shape index (κ2) is 6.49. The van der Waals surface area contributed by atoms with Crippen molar-refractivity contribution >= 4 is 15.9 Å². The molecule has 0 aliphatic heterocycles. The summed E-state index contributed by atoms with van der Waals surface area (Å²) in [5.41, 5.74) is 0.575. The monoisotopic (exact) mass is 353 g/mol. The molecule has 6 heteroatoms. The summed E-state index contributed by atoms with van der Waals surface area (Å²) >= 11 is 3.33. The van der Waals surface area contributed by atoms with E-state index in [-0.39, 0.29) is 11.4 Å². The van der Waals surface area contributed by atoms with Crippen LogP contribution in [0.2, 0.25) is 0 Å². The van der Waals surface area contributed by atoms with Gasteiger partial charge in [-0.15, -0.1) is 0 Å². The van der Waals surface area contributed by atoms with E-state index in [1.54, 1.807) is 18.5 Å². The maximum Gasteiger partial charge on any atom is 0.223 e. The first-order valence-corrected chi connectivity index (χ1v) is 7.31. The third kappa shape index (κ3) is 5.06. The van der Waals surface area contributed by atoms with Crippen molar-refractivity contribution in [2.24, 2.45) is 0 Å². The van der Waals surface area contributed by atoms with Gasteiger partial charge in [-0.1, -0.05) is 0 Å². The molecule has 1 N–H and O–H groups in total. The number of halogens is 2. The molecule has 0 saturated carbocycles. The molecule has 0 spiro atoms. The summed E-state index contributed by atoms with van der Waals surface area (Å²) in [6.45, 7) is 6.58. The van der Waals surface area contributed by atoms with Gasteiger partial charge >= 0.3 is 0 Å². The molecule has 21 heavy (non-hydrogen) atoms. The molecule has 2 aromatic rings. The van der Waals surface area contributed by atoms with Crippen LogP contribution in [-0.4, -0.2) is 15.5 Å². The zero-order valence-corrected chi connectivity index (χ0v) is 13.7. The Hall–Kier alpha value is -1.53. The normalized spacial score (nSPS) is 11.5. The highest BCUT2D eigenvalue weighted by atomic mass is 79.9. The van der Waals surface area contributed by atoms with Crippen molar-refractivity contribution in [2.45, 2.75) is 32.9 Å². The first-order valence-electron chi connectivity index (χ1n) is 6.51. The summed E-state index contributed by atoms with van der Waals surface area (Å²) in [7, 11) is 0. The Morgan fingerprint density at radius 3 is 2.67 bits per heavy atom. The van der Waals surface area contributed by atoms with Crippen LogP contribution in [0.25, 0.3) is 0 Å². The number of rotatable bonds is 4. The van der Waals surface area contributed by atoms with Gasteiger partial charge in [0, 0.05) is 28.3 Å². The Balaban J connectivity index is 2.22. The van der Waals surface area contributed by atoms with Crippen LogP contribution in [0.5, 0.6) is 11.6 Å². The van der Waals surface area contributed by atoms with Gasteiger partial charge in [-0.2, -0.15) is 0 Å². The van der Waals surface area contributed by atoms with E-state index >= 15 is 0 Å². The molecular formula is C15H17BrFN3O. The molecule has 0 aromatic carbocycles. The molecule has 4 nitrogen and oxygen atoms in total. The van der Waals surface area contributed by atoms with Crippen molar-refractivity contribution in [3.8, 4) is 11.6 Å². The van der Waals surface area contributed by atoms with Crippen molar-refractivity contribution in [2.75, 3.05) is 0 Å². The van der Waals surface area contributed by atoms with E-state index in [9.17, 15) is 4.39 Å². The number of aromatic nitrogens is 2. The molecule has 0 aliphatic rings. The highest BCUT2D eigenvalue weighted by Gasteiger charge is 2.13. The van der Waals surface area contributed by atoms with Gasteiger partial charge in [-0.05, 0) is 48.8 Å². The lowest BCUT2D eigenvalue weighted by Gasteiger charge is -2.21. The molecule has 0 aliphatic carbocycles. The molecule has 0 atom stereocenters. The summed E-state index contributed by atoms with van der Waals surface area (Å²) < 4.78 is 19.9. The molecule has 0 unspecified atom stereocenters.